The highest BCUT2D eigenvalue weighted by Crippen LogP contribution is 2.22. The number of allylic oxidation sites excluding steroid dienone is 2. The second-order valence-corrected chi connectivity index (χ2v) is 5.95. The molecule has 2 aromatic carbocycles. The molecule has 3 rings (SSSR count). The lowest BCUT2D eigenvalue weighted by Gasteiger charge is -2.16. The zero-order valence-corrected chi connectivity index (χ0v) is 13.3. The molecule has 0 fully saturated rings. The van der Waals surface area contributed by atoms with E-state index in [1.54, 1.807) is 0 Å². The Morgan fingerprint density at radius 1 is 0.818 bits per heavy atom. The van der Waals surface area contributed by atoms with Crippen molar-refractivity contribution in [1.82, 2.24) is 0 Å². The summed E-state index contributed by atoms with van der Waals surface area (Å²) in [5.41, 5.74) is 7.14. The topological polar surface area (TPSA) is 24.4 Å². The van der Waals surface area contributed by atoms with Gasteiger partial charge in [0, 0.05) is 17.1 Å². The molecule has 1 N–H and O–H groups in total. The highest BCUT2D eigenvalue weighted by molar-refractivity contribution is 5.98. The molecule has 22 heavy (non-hydrogen) atoms. The van der Waals surface area contributed by atoms with E-state index in [1.807, 2.05) is 0 Å². The maximum atomic E-state index is 4.77. The zero-order chi connectivity index (χ0) is 15.4. The highest BCUT2D eigenvalue weighted by atomic mass is 14.9. The molecule has 0 radical (unpaired) electrons. The maximum Gasteiger partial charge on any atom is 0.0633 e. The van der Waals surface area contributed by atoms with Crippen LogP contribution in [0.25, 0.3) is 0 Å². The molecule has 1 aliphatic rings. The fourth-order valence-electron chi connectivity index (χ4n) is 2.60. The second-order valence-electron chi connectivity index (χ2n) is 5.95. The van der Waals surface area contributed by atoms with Gasteiger partial charge >= 0.3 is 0 Å². The van der Waals surface area contributed by atoms with Crippen LogP contribution in [0.5, 0.6) is 0 Å². The number of nitrogens with zero attached hydrogens (tertiary/aromatic N) is 1. The van der Waals surface area contributed by atoms with Gasteiger partial charge in [-0.25, -0.2) is 0 Å². The van der Waals surface area contributed by atoms with E-state index >= 15 is 0 Å². The van der Waals surface area contributed by atoms with Gasteiger partial charge in [-0.3, -0.25) is 4.99 Å². The summed E-state index contributed by atoms with van der Waals surface area (Å²) < 4.78 is 0. The first-order chi connectivity index (χ1) is 10.7. The van der Waals surface area contributed by atoms with Gasteiger partial charge in [-0.05, 0) is 63.5 Å². The Balaban J connectivity index is 1.76. The largest absolute Gasteiger partial charge is 0.359 e. The molecule has 2 nitrogen and oxygen atoms in total. The number of aliphatic imine (C=N–C) groups is 1. The summed E-state index contributed by atoms with van der Waals surface area (Å²) in [6.45, 7) is 4.21. The average molecular weight is 290 g/mol. The van der Waals surface area contributed by atoms with Crippen LogP contribution >= 0.6 is 0 Å². The predicted molar refractivity (Wildman–Crippen MR) is 95.0 cm³/mol. The van der Waals surface area contributed by atoms with Crippen LogP contribution in [0.4, 0.5) is 11.4 Å². The smallest absolute Gasteiger partial charge is 0.0633 e. The molecular formula is C20H22N2. The first-order valence-corrected chi connectivity index (χ1v) is 7.87. The summed E-state index contributed by atoms with van der Waals surface area (Å²) in [7, 11) is 0. The Morgan fingerprint density at radius 3 is 2.14 bits per heavy atom. The number of benzene rings is 2. The molecule has 2 heteroatoms. The SMILES string of the molecule is Cc1ccc(N=C2C=C(Nc3ccc(C)cc3)CCC2)cc1. The number of anilines is 1. The number of nitrogens with one attached hydrogen (secondary N) is 1. The van der Waals surface area contributed by atoms with Crippen molar-refractivity contribution >= 4 is 17.1 Å². The van der Waals surface area contributed by atoms with Gasteiger partial charge in [-0.1, -0.05) is 35.4 Å². The monoisotopic (exact) mass is 290 g/mol. The fraction of sp³-hybridized carbons (Fsp3) is 0.250. The minimum absolute atomic E-state index is 1.04. The number of hydrogen-bond donors (Lipinski definition) is 1. The van der Waals surface area contributed by atoms with Crippen molar-refractivity contribution < 1.29 is 0 Å². The van der Waals surface area contributed by atoms with E-state index in [1.165, 1.54) is 16.8 Å². The Labute approximate surface area is 132 Å². The Bertz CT molecular complexity index is 691. The van der Waals surface area contributed by atoms with Crippen LogP contribution in [0.3, 0.4) is 0 Å². The van der Waals surface area contributed by atoms with E-state index < -0.39 is 0 Å². The van der Waals surface area contributed by atoms with Crippen molar-refractivity contribution in [2.24, 2.45) is 4.99 Å². The van der Waals surface area contributed by atoms with Gasteiger partial charge < -0.3 is 5.32 Å². The molecular weight excluding hydrogens is 268 g/mol. The fourth-order valence-corrected chi connectivity index (χ4v) is 2.60. The first kappa shape index (κ1) is 14.6. The Morgan fingerprint density at radius 2 is 1.45 bits per heavy atom. The van der Waals surface area contributed by atoms with Crippen LogP contribution in [0.15, 0.2) is 65.3 Å². The van der Waals surface area contributed by atoms with Crippen molar-refractivity contribution in [3.63, 3.8) is 0 Å². The number of aryl methyl sites for hydroxylation is 2. The lowest BCUT2D eigenvalue weighted by Crippen LogP contribution is -2.09. The molecule has 0 saturated carbocycles. The molecule has 0 aromatic heterocycles. The third-order valence-corrected chi connectivity index (χ3v) is 3.88. The van der Waals surface area contributed by atoms with Crippen molar-refractivity contribution in [2.45, 2.75) is 33.1 Å². The van der Waals surface area contributed by atoms with Gasteiger partial charge in [0.25, 0.3) is 0 Å². The molecule has 0 saturated heterocycles. The standard InChI is InChI=1S/C20H22N2/c1-15-6-10-17(11-7-15)21-19-4-3-5-20(14-19)22-18-12-8-16(2)9-13-18/h6-14,21H,3-5H2,1-2H3. The van der Waals surface area contributed by atoms with Crippen molar-refractivity contribution in [1.29, 1.82) is 0 Å². The van der Waals surface area contributed by atoms with Crippen molar-refractivity contribution in [3.05, 3.63) is 71.4 Å². The first-order valence-electron chi connectivity index (χ1n) is 7.87. The summed E-state index contributed by atoms with van der Waals surface area (Å²) in [5.74, 6) is 0. The van der Waals surface area contributed by atoms with Crippen LogP contribution in [0.1, 0.15) is 30.4 Å². The van der Waals surface area contributed by atoms with Crippen LogP contribution in [0.2, 0.25) is 0 Å². The molecule has 112 valence electrons. The van der Waals surface area contributed by atoms with Crippen LogP contribution in [-0.4, -0.2) is 5.71 Å². The van der Waals surface area contributed by atoms with E-state index in [-0.39, 0.29) is 0 Å². The summed E-state index contributed by atoms with van der Waals surface area (Å²) in [5, 5.41) is 3.51. The third-order valence-electron chi connectivity index (χ3n) is 3.88. The predicted octanol–water partition coefficient (Wildman–Crippen LogP) is 5.56. The van der Waals surface area contributed by atoms with Crippen LogP contribution in [0, 0.1) is 13.8 Å². The minimum Gasteiger partial charge on any atom is -0.359 e. The third kappa shape index (κ3) is 3.85. The van der Waals surface area contributed by atoms with Crippen LogP contribution < -0.4 is 5.32 Å². The summed E-state index contributed by atoms with van der Waals surface area (Å²) in [4.78, 5) is 4.77. The molecule has 0 unspecified atom stereocenters. The van der Waals surface area contributed by atoms with E-state index in [9.17, 15) is 0 Å². The van der Waals surface area contributed by atoms with E-state index in [2.05, 4.69) is 73.8 Å². The van der Waals surface area contributed by atoms with Gasteiger partial charge in [0.15, 0.2) is 0 Å². The van der Waals surface area contributed by atoms with E-state index in [0.29, 0.717) is 0 Å². The number of hydrogen-bond acceptors (Lipinski definition) is 2. The highest BCUT2D eigenvalue weighted by Gasteiger charge is 2.09. The summed E-state index contributed by atoms with van der Waals surface area (Å²) in [6.07, 6.45) is 5.48. The van der Waals surface area contributed by atoms with Crippen molar-refractivity contribution in [3.8, 4) is 0 Å². The van der Waals surface area contributed by atoms with Crippen molar-refractivity contribution in [2.75, 3.05) is 5.32 Å². The van der Waals surface area contributed by atoms with Gasteiger partial charge in [0.05, 0.1) is 5.69 Å². The Hall–Kier alpha value is -2.35. The van der Waals surface area contributed by atoms with E-state index in [4.69, 9.17) is 4.99 Å². The number of rotatable bonds is 3. The molecule has 0 aliphatic heterocycles. The lowest BCUT2D eigenvalue weighted by molar-refractivity contribution is 0.839. The maximum absolute atomic E-state index is 4.77. The summed E-state index contributed by atoms with van der Waals surface area (Å²) >= 11 is 0. The molecule has 1 aliphatic carbocycles. The van der Waals surface area contributed by atoms with Crippen LogP contribution in [-0.2, 0) is 0 Å². The molecule has 0 atom stereocenters. The zero-order valence-electron chi connectivity index (χ0n) is 13.3. The van der Waals surface area contributed by atoms with Gasteiger partial charge in [-0.2, -0.15) is 0 Å². The normalized spacial score (nSPS) is 16.5. The average Bonchev–Trinajstić information content (AvgIpc) is 2.52. The molecule has 0 heterocycles. The molecule has 0 amide bonds. The molecule has 0 spiro atoms. The van der Waals surface area contributed by atoms with Gasteiger partial charge in [0.2, 0.25) is 0 Å². The lowest BCUT2D eigenvalue weighted by atomic mass is 10.0. The Kier molecular flexibility index (Phi) is 4.38. The van der Waals surface area contributed by atoms with Gasteiger partial charge in [0.1, 0.15) is 0 Å². The molecule has 0 bridgehead atoms. The quantitative estimate of drug-likeness (QED) is 0.786. The minimum atomic E-state index is 1.04. The second kappa shape index (κ2) is 6.61. The van der Waals surface area contributed by atoms with E-state index in [0.717, 1.165) is 36.3 Å². The van der Waals surface area contributed by atoms with Gasteiger partial charge in [-0.15, -0.1) is 0 Å². The molecule has 2 aromatic rings. The summed E-state index contributed by atoms with van der Waals surface area (Å²) in [6, 6.07) is 16.9.